The Morgan fingerprint density at radius 3 is 2.69 bits per heavy atom. The summed E-state index contributed by atoms with van der Waals surface area (Å²) in [7, 11) is 1.62. The van der Waals surface area contributed by atoms with Crippen molar-refractivity contribution < 1.29 is 9.53 Å². The number of methoxy groups -OCH3 is 1. The highest BCUT2D eigenvalue weighted by Gasteiger charge is 2.18. The van der Waals surface area contributed by atoms with Crippen molar-refractivity contribution in [3.05, 3.63) is 53.3 Å². The average molecular weight is 382 g/mol. The van der Waals surface area contributed by atoms with E-state index in [1.807, 2.05) is 37.3 Å². The molecule has 0 aliphatic carbocycles. The van der Waals surface area contributed by atoms with E-state index in [2.05, 4.69) is 20.3 Å². The van der Waals surface area contributed by atoms with Crippen LogP contribution in [0.15, 0.2) is 42.7 Å². The minimum Gasteiger partial charge on any atom is -0.497 e. The summed E-state index contributed by atoms with van der Waals surface area (Å²) in [6.07, 6.45) is 3.42. The zero-order chi connectivity index (χ0) is 18.1. The third kappa shape index (κ3) is 3.16. The van der Waals surface area contributed by atoms with Gasteiger partial charge in [0, 0.05) is 18.0 Å². The Morgan fingerprint density at radius 1 is 1.12 bits per heavy atom. The molecule has 0 atom stereocenters. The Hall–Kier alpha value is -2.84. The van der Waals surface area contributed by atoms with Crippen LogP contribution in [0.1, 0.15) is 15.4 Å². The molecular weight excluding hydrogens is 368 g/mol. The molecule has 0 aliphatic rings. The van der Waals surface area contributed by atoms with Crippen molar-refractivity contribution >= 4 is 43.9 Å². The molecule has 1 amide bonds. The number of fused-ring (bicyclic) bond motifs is 1. The van der Waals surface area contributed by atoms with Crippen LogP contribution in [-0.2, 0) is 0 Å². The Balaban J connectivity index is 1.59. The van der Waals surface area contributed by atoms with Crippen LogP contribution >= 0.6 is 22.7 Å². The summed E-state index contributed by atoms with van der Waals surface area (Å²) in [5.74, 6) is 0.561. The molecule has 4 aromatic rings. The molecule has 8 heteroatoms. The van der Waals surface area contributed by atoms with Gasteiger partial charge < -0.3 is 4.74 Å². The number of thiazole rings is 2. The van der Waals surface area contributed by atoms with E-state index in [9.17, 15) is 4.79 Å². The lowest BCUT2D eigenvalue weighted by Gasteiger charge is -1.98. The van der Waals surface area contributed by atoms with Gasteiger partial charge in [0.25, 0.3) is 5.91 Å². The number of hydrogen-bond donors (Lipinski definition) is 1. The third-order valence-corrected chi connectivity index (χ3v) is 5.89. The van der Waals surface area contributed by atoms with Gasteiger partial charge in [-0.25, -0.2) is 9.97 Å². The van der Waals surface area contributed by atoms with E-state index in [0.29, 0.717) is 15.7 Å². The number of nitrogens with one attached hydrogen (secondary N) is 1. The summed E-state index contributed by atoms with van der Waals surface area (Å²) >= 11 is 2.77. The lowest BCUT2D eigenvalue weighted by molar-refractivity contribution is 0.103. The van der Waals surface area contributed by atoms with Gasteiger partial charge in [-0.15, -0.1) is 11.3 Å². The molecule has 0 saturated carbocycles. The first kappa shape index (κ1) is 16.6. The minimum absolute atomic E-state index is 0.202. The number of carbonyl (C=O) groups is 1. The maximum Gasteiger partial charge on any atom is 0.269 e. The molecule has 6 nitrogen and oxygen atoms in total. The first-order valence-electron chi connectivity index (χ1n) is 7.78. The van der Waals surface area contributed by atoms with Gasteiger partial charge >= 0.3 is 0 Å². The molecule has 0 aliphatic heterocycles. The quantitative estimate of drug-likeness (QED) is 0.567. The second kappa shape index (κ2) is 6.81. The predicted octanol–water partition coefficient (Wildman–Crippen LogP) is 4.38. The molecule has 130 valence electrons. The maximum atomic E-state index is 12.7. The highest BCUT2D eigenvalue weighted by Crippen LogP contribution is 2.31. The van der Waals surface area contributed by atoms with Crippen molar-refractivity contribution in [2.75, 3.05) is 12.4 Å². The molecule has 0 saturated heterocycles. The number of nitrogens with zero attached hydrogens (tertiary/aromatic N) is 3. The number of pyridine rings is 1. The molecule has 0 unspecified atom stereocenters. The molecule has 3 heterocycles. The molecule has 26 heavy (non-hydrogen) atoms. The van der Waals surface area contributed by atoms with Crippen LogP contribution in [0.4, 0.5) is 5.13 Å². The van der Waals surface area contributed by atoms with E-state index in [1.54, 1.807) is 19.5 Å². The molecule has 0 spiro atoms. The Labute approximate surface area is 157 Å². The number of aryl methyl sites for hydroxylation is 1. The topological polar surface area (TPSA) is 77.0 Å². The Kier molecular flexibility index (Phi) is 4.36. The third-order valence-electron chi connectivity index (χ3n) is 3.75. The molecule has 1 N–H and O–H groups in total. The Bertz CT molecular complexity index is 1090. The first-order chi connectivity index (χ1) is 12.6. The van der Waals surface area contributed by atoms with Crippen LogP contribution in [0.2, 0.25) is 0 Å². The van der Waals surface area contributed by atoms with Gasteiger partial charge in [0.15, 0.2) is 5.13 Å². The summed E-state index contributed by atoms with van der Waals surface area (Å²) in [5.41, 5.74) is 2.46. The molecule has 0 radical (unpaired) electrons. The second-order valence-electron chi connectivity index (χ2n) is 5.48. The number of rotatable bonds is 4. The van der Waals surface area contributed by atoms with Gasteiger partial charge in [0.1, 0.15) is 15.6 Å². The molecule has 3 aromatic heterocycles. The summed E-state index contributed by atoms with van der Waals surface area (Å²) in [5, 5.41) is 4.22. The zero-order valence-corrected chi connectivity index (χ0v) is 15.6. The summed E-state index contributed by atoms with van der Waals surface area (Å²) in [6.45, 7) is 1.83. The fourth-order valence-electron chi connectivity index (χ4n) is 2.46. The lowest BCUT2D eigenvalue weighted by Crippen LogP contribution is -2.11. The van der Waals surface area contributed by atoms with Crippen LogP contribution in [0.5, 0.6) is 5.75 Å². The van der Waals surface area contributed by atoms with Crippen molar-refractivity contribution in [3.63, 3.8) is 0 Å². The average Bonchev–Trinajstić information content (AvgIpc) is 3.24. The van der Waals surface area contributed by atoms with Crippen molar-refractivity contribution in [2.24, 2.45) is 0 Å². The smallest absolute Gasteiger partial charge is 0.269 e. The number of anilines is 1. The fourth-order valence-corrected chi connectivity index (χ4v) is 4.32. The van der Waals surface area contributed by atoms with Crippen LogP contribution in [0, 0.1) is 6.92 Å². The van der Waals surface area contributed by atoms with E-state index in [4.69, 9.17) is 4.74 Å². The van der Waals surface area contributed by atoms with Crippen LogP contribution in [-0.4, -0.2) is 28.0 Å². The van der Waals surface area contributed by atoms with Crippen LogP contribution in [0.3, 0.4) is 0 Å². The van der Waals surface area contributed by atoms with Crippen molar-refractivity contribution in [3.8, 4) is 16.3 Å². The highest BCUT2D eigenvalue weighted by atomic mass is 32.1. The minimum atomic E-state index is -0.202. The predicted molar refractivity (Wildman–Crippen MR) is 104 cm³/mol. The largest absolute Gasteiger partial charge is 0.497 e. The van der Waals surface area contributed by atoms with Crippen molar-refractivity contribution in [2.45, 2.75) is 6.92 Å². The Morgan fingerprint density at radius 2 is 1.92 bits per heavy atom. The van der Waals surface area contributed by atoms with E-state index in [1.165, 1.54) is 22.7 Å². The number of ether oxygens (including phenoxy) is 1. The number of aromatic nitrogens is 3. The van der Waals surface area contributed by atoms with Gasteiger partial charge in [0.2, 0.25) is 0 Å². The highest BCUT2D eigenvalue weighted by molar-refractivity contribution is 7.22. The van der Waals surface area contributed by atoms with Gasteiger partial charge in [-0.3, -0.25) is 15.1 Å². The number of benzene rings is 1. The number of hydrogen-bond acceptors (Lipinski definition) is 7. The van der Waals surface area contributed by atoms with Crippen molar-refractivity contribution in [1.82, 2.24) is 15.0 Å². The normalized spacial score (nSPS) is 10.8. The van der Waals surface area contributed by atoms with E-state index >= 15 is 0 Å². The molecule has 4 rings (SSSR count). The van der Waals surface area contributed by atoms with E-state index in [-0.39, 0.29) is 5.91 Å². The molecule has 1 aromatic carbocycles. The van der Waals surface area contributed by atoms with Gasteiger partial charge in [0.05, 0.1) is 23.0 Å². The van der Waals surface area contributed by atoms with Gasteiger partial charge in [-0.2, -0.15) is 0 Å². The standard InChI is InChI=1S/C18H14N4O2S2/c1-10-15(26-17(20-10)11-5-7-19-8-6-11)16(23)22-18-21-13-4-3-12(24-2)9-14(13)25-18/h3-9H,1-2H3,(H,21,22,23). The molecule has 0 fully saturated rings. The lowest BCUT2D eigenvalue weighted by atomic mass is 10.3. The monoisotopic (exact) mass is 382 g/mol. The van der Waals surface area contributed by atoms with Crippen LogP contribution < -0.4 is 10.1 Å². The van der Waals surface area contributed by atoms with E-state index < -0.39 is 0 Å². The maximum absolute atomic E-state index is 12.7. The second-order valence-corrected chi connectivity index (χ2v) is 7.51. The number of amides is 1. The van der Waals surface area contributed by atoms with Gasteiger partial charge in [-0.1, -0.05) is 11.3 Å². The zero-order valence-electron chi connectivity index (χ0n) is 14.0. The fraction of sp³-hybridized carbons (Fsp3) is 0.111. The number of carbonyl (C=O) groups excluding carboxylic acids is 1. The SMILES string of the molecule is COc1ccc2nc(NC(=O)c3sc(-c4ccncc4)nc3C)sc2c1. The van der Waals surface area contributed by atoms with Gasteiger partial charge in [-0.05, 0) is 37.3 Å². The van der Waals surface area contributed by atoms with E-state index in [0.717, 1.165) is 26.5 Å². The van der Waals surface area contributed by atoms with Crippen molar-refractivity contribution in [1.29, 1.82) is 0 Å². The molecule has 0 bridgehead atoms. The summed E-state index contributed by atoms with van der Waals surface area (Å²) in [4.78, 5) is 26.2. The van der Waals surface area contributed by atoms with Crippen LogP contribution in [0.25, 0.3) is 20.8 Å². The summed E-state index contributed by atoms with van der Waals surface area (Å²) in [6, 6.07) is 9.38. The molecular formula is C18H14N4O2S2. The first-order valence-corrected chi connectivity index (χ1v) is 9.41. The summed E-state index contributed by atoms with van der Waals surface area (Å²) < 4.78 is 6.18.